The Kier molecular flexibility index (Phi) is 10.6. The van der Waals surface area contributed by atoms with Gasteiger partial charge in [-0.2, -0.15) is 39.5 Å². The molecule has 41 heavy (non-hydrogen) atoms. The Hall–Kier alpha value is -2.91. The van der Waals surface area contributed by atoms with Crippen LogP contribution in [-0.2, 0) is 0 Å². The average Bonchev–Trinajstić information content (AvgIpc) is 2.94. The summed E-state index contributed by atoms with van der Waals surface area (Å²) in [6.07, 6.45) is 2.90. The molecule has 3 aromatic carbocycles. The lowest BCUT2D eigenvalue weighted by Crippen LogP contribution is -2.59. The summed E-state index contributed by atoms with van der Waals surface area (Å²) >= 11 is -1.47. The van der Waals surface area contributed by atoms with Crippen molar-refractivity contribution in [2.75, 3.05) is 6.16 Å². The fourth-order valence-corrected chi connectivity index (χ4v) is 6.13. The van der Waals surface area contributed by atoms with Gasteiger partial charge in [0.05, 0.1) is 0 Å². The van der Waals surface area contributed by atoms with Crippen molar-refractivity contribution in [3.8, 4) is 16.9 Å². The predicted molar refractivity (Wildman–Crippen MR) is 147 cm³/mol. The SMILES string of the molecule is CC/C=C\C=C/CP(c1ccccc1)c1ccc(-c2cccc(OSC(F)(F)C(F)(F)C(F)(F)C(F)(F)F)c2)cc1. The molecule has 0 aromatic heterocycles. The van der Waals surface area contributed by atoms with Gasteiger partial charge in [0.2, 0.25) is 0 Å². The molecule has 12 heteroatoms. The zero-order chi connectivity index (χ0) is 30.3. The summed E-state index contributed by atoms with van der Waals surface area (Å²) in [7, 11) is -0.752. The fourth-order valence-electron chi connectivity index (χ4n) is 3.50. The number of benzene rings is 3. The third-order valence-electron chi connectivity index (χ3n) is 5.68. The summed E-state index contributed by atoms with van der Waals surface area (Å²) in [6, 6.07) is 22.4. The summed E-state index contributed by atoms with van der Waals surface area (Å²) in [5.74, 6) is -14.2. The van der Waals surface area contributed by atoms with Crippen LogP contribution < -0.4 is 14.8 Å². The van der Waals surface area contributed by atoms with Crippen LogP contribution in [0, 0.1) is 0 Å². The monoisotopic (exact) mass is 622 g/mol. The standard InChI is InChI=1S/C29H24F9OPS/c1-2-3-4-5-9-19-40(24-13-7-6-8-14-24)25-17-15-21(16-18-25)22-11-10-12-23(20-22)39-41-29(37,38)27(32,33)26(30,31)28(34,35)36/h3-18,20H,2,19H2,1H3/b4-3-,9-5-. The van der Waals surface area contributed by atoms with Crippen LogP contribution in [0.1, 0.15) is 13.3 Å². The molecular formula is C29H24F9OPS. The van der Waals surface area contributed by atoms with Crippen molar-refractivity contribution in [2.45, 2.75) is 36.6 Å². The molecule has 1 atom stereocenters. The van der Waals surface area contributed by atoms with E-state index >= 15 is 0 Å². The molecule has 0 N–H and O–H groups in total. The van der Waals surface area contributed by atoms with Gasteiger partial charge in [-0.05, 0) is 54.4 Å². The van der Waals surface area contributed by atoms with Crippen LogP contribution in [0.2, 0.25) is 0 Å². The number of hydrogen-bond donors (Lipinski definition) is 0. The molecule has 0 saturated carbocycles. The number of allylic oxidation sites excluding steroid dienone is 4. The lowest BCUT2D eigenvalue weighted by molar-refractivity contribution is -0.381. The van der Waals surface area contributed by atoms with Gasteiger partial charge in [0, 0.05) is 0 Å². The van der Waals surface area contributed by atoms with Crippen LogP contribution in [0.5, 0.6) is 5.75 Å². The highest BCUT2D eigenvalue weighted by Crippen LogP contribution is 2.56. The van der Waals surface area contributed by atoms with Gasteiger partial charge < -0.3 is 4.18 Å². The Bertz CT molecular complexity index is 1320. The maximum Gasteiger partial charge on any atom is 0.460 e. The molecule has 3 rings (SSSR count). The largest absolute Gasteiger partial charge is 0.460 e. The van der Waals surface area contributed by atoms with Gasteiger partial charge in [0.1, 0.15) is 17.8 Å². The van der Waals surface area contributed by atoms with Gasteiger partial charge in [0.25, 0.3) is 0 Å². The maximum absolute atomic E-state index is 13.8. The molecule has 0 heterocycles. The molecule has 1 unspecified atom stereocenters. The smallest absolute Gasteiger partial charge is 0.419 e. The lowest BCUT2D eigenvalue weighted by atomic mass is 10.1. The van der Waals surface area contributed by atoms with Crippen LogP contribution in [0.3, 0.4) is 0 Å². The minimum absolute atomic E-state index is 0.416. The molecule has 0 spiro atoms. The maximum atomic E-state index is 13.8. The van der Waals surface area contributed by atoms with Crippen molar-refractivity contribution < 1.29 is 43.7 Å². The Labute approximate surface area is 237 Å². The van der Waals surface area contributed by atoms with Crippen LogP contribution in [0.4, 0.5) is 39.5 Å². The average molecular weight is 623 g/mol. The molecule has 220 valence electrons. The van der Waals surface area contributed by atoms with Crippen molar-refractivity contribution in [2.24, 2.45) is 0 Å². The van der Waals surface area contributed by atoms with Crippen LogP contribution in [-0.4, -0.2) is 29.4 Å². The molecular weight excluding hydrogens is 598 g/mol. The molecule has 0 saturated heterocycles. The lowest BCUT2D eigenvalue weighted by Gasteiger charge is -2.32. The summed E-state index contributed by atoms with van der Waals surface area (Å²) < 4.78 is 122. The van der Waals surface area contributed by atoms with E-state index in [9.17, 15) is 39.5 Å². The molecule has 0 aliphatic heterocycles. The van der Waals surface area contributed by atoms with E-state index < -0.39 is 49.0 Å². The Morgan fingerprint density at radius 2 is 1.29 bits per heavy atom. The van der Waals surface area contributed by atoms with Crippen molar-refractivity contribution >= 4 is 30.6 Å². The van der Waals surface area contributed by atoms with E-state index in [-0.39, 0.29) is 0 Å². The highest BCUT2D eigenvalue weighted by atomic mass is 32.2. The Balaban J connectivity index is 1.79. The summed E-state index contributed by atoms with van der Waals surface area (Å²) in [4.78, 5) is 0. The molecule has 3 aromatic rings. The van der Waals surface area contributed by atoms with Gasteiger partial charge in [-0.1, -0.05) is 98.0 Å². The number of alkyl halides is 9. The van der Waals surface area contributed by atoms with Crippen molar-refractivity contribution in [3.05, 3.63) is 103 Å². The predicted octanol–water partition coefficient (Wildman–Crippen LogP) is 9.76. The first kappa shape index (κ1) is 32.6. The van der Waals surface area contributed by atoms with Gasteiger partial charge in [0.15, 0.2) is 0 Å². The molecule has 0 radical (unpaired) electrons. The van der Waals surface area contributed by atoms with Crippen LogP contribution in [0.15, 0.2) is 103 Å². The van der Waals surface area contributed by atoms with E-state index in [4.69, 9.17) is 0 Å². The molecule has 0 fully saturated rings. The fraction of sp³-hybridized carbons (Fsp3) is 0.241. The highest BCUT2D eigenvalue weighted by Gasteiger charge is 2.82. The zero-order valence-corrected chi connectivity index (χ0v) is 23.1. The summed E-state index contributed by atoms with van der Waals surface area (Å²) in [5, 5.41) is -3.70. The van der Waals surface area contributed by atoms with Crippen molar-refractivity contribution in [1.29, 1.82) is 0 Å². The second kappa shape index (κ2) is 13.4. The first-order valence-electron chi connectivity index (χ1n) is 12.1. The van der Waals surface area contributed by atoms with E-state index in [0.29, 0.717) is 11.1 Å². The molecule has 1 nitrogen and oxygen atoms in total. The summed E-state index contributed by atoms with van der Waals surface area (Å²) in [6.45, 7) is 2.04. The van der Waals surface area contributed by atoms with Gasteiger partial charge in [-0.15, -0.1) is 0 Å². The molecule has 0 amide bonds. The third kappa shape index (κ3) is 7.68. The highest BCUT2D eigenvalue weighted by molar-refractivity contribution is 7.96. The van der Waals surface area contributed by atoms with E-state index in [0.717, 1.165) is 29.3 Å². The van der Waals surface area contributed by atoms with Crippen LogP contribution >= 0.6 is 20.0 Å². The normalized spacial score (nSPS) is 14.1. The third-order valence-corrected chi connectivity index (χ3v) is 8.84. The number of hydrogen-bond acceptors (Lipinski definition) is 2. The Morgan fingerprint density at radius 1 is 0.683 bits per heavy atom. The van der Waals surface area contributed by atoms with Crippen molar-refractivity contribution in [1.82, 2.24) is 0 Å². The first-order valence-corrected chi connectivity index (χ1v) is 14.4. The quantitative estimate of drug-likeness (QED) is 0.0861. The molecule has 0 aliphatic carbocycles. The van der Waals surface area contributed by atoms with E-state index in [1.807, 2.05) is 67.6 Å². The van der Waals surface area contributed by atoms with E-state index in [1.165, 1.54) is 12.1 Å². The van der Waals surface area contributed by atoms with Crippen molar-refractivity contribution in [3.63, 3.8) is 0 Å². The minimum Gasteiger partial charge on any atom is -0.419 e. The first-order chi connectivity index (χ1) is 19.2. The minimum atomic E-state index is -6.98. The molecule has 0 aliphatic rings. The zero-order valence-electron chi connectivity index (χ0n) is 21.4. The van der Waals surface area contributed by atoms with Gasteiger partial charge in [-0.25, -0.2) is 0 Å². The van der Waals surface area contributed by atoms with Crippen LogP contribution in [0.25, 0.3) is 11.1 Å². The van der Waals surface area contributed by atoms with Gasteiger partial charge in [-0.3, -0.25) is 0 Å². The van der Waals surface area contributed by atoms with E-state index in [1.54, 1.807) is 18.2 Å². The number of halogens is 9. The van der Waals surface area contributed by atoms with Gasteiger partial charge >= 0.3 is 23.3 Å². The topological polar surface area (TPSA) is 9.23 Å². The van der Waals surface area contributed by atoms with E-state index in [2.05, 4.69) is 10.3 Å². The second-order valence-electron chi connectivity index (χ2n) is 8.62. The number of rotatable bonds is 12. The Morgan fingerprint density at radius 3 is 1.90 bits per heavy atom. The summed E-state index contributed by atoms with van der Waals surface area (Å²) in [5.41, 5.74) is 1.02. The second-order valence-corrected chi connectivity index (χ2v) is 11.7. The molecule has 0 bridgehead atoms.